The number of hydrogen-bond acceptors (Lipinski definition) is 3. The minimum Gasteiger partial charge on any atom is -0.490 e. The average molecular weight is 312 g/mol. The summed E-state index contributed by atoms with van der Waals surface area (Å²) in [6, 6.07) is 4.03. The minimum atomic E-state index is 0.101. The summed E-state index contributed by atoms with van der Waals surface area (Å²) in [5.74, 6) is 3.78. The first-order valence-corrected chi connectivity index (χ1v) is 6.64. The third-order valence-corrected chi connectivity index (χ3v) is 2.82. The highest BCUT2D eigenvalue weighted by molar-refractivity contribution is 9.10. The van der Waals surface area contributed by atoms with Crippen LogP contribution < -0.4 is 15.2 Å². The molecule has 4 heteroatoms. The molecule has 3 nitrogen and oxygen atoms in total. The van der Waals surface area contributed by atoms with Crippen LogP contribution in [-0.2, 0) is 6.42 Å². The van der Waals surface area contributed by atoms with Crippen molar-refractivity contribution in [2.75, 3.05) is 13.2 Å². The van der Waals surface area contributed by atoms with Gasteiger partial charge in [-0.3, -0.25) is 0 Å². The van der Waals surface area contributed by atoms with E-state index in [-0.39, 0.29) is 12.6 Å². The Hall–Kier alpha value is -1.18. The molecule has 0 spiro atoms. The molecule has 0 radical (unpaired) electrons. The quantitative estimate of drug-likeness (QED) is 0.822. The fourth-order valence-corrected chi connectivity index (χ4v) is 2.23. The van der Waals surface area contributed by atoms with Gasteiger partial charge >= 0.3 is 0 Å². The van der Waals surface area contributed by atoms with Gasteiger partial charge in [0.05, 0.1) is 11.1 Å². The van der Waals surface area contributed by atoms with Crippen molar-refractivity contribution in [2.45, 2.75) is 26.3 Å². The molecular formula is C14H18BrNO2. The van der Waals surface area contributed by atoms with Crippen LogP contribution >= 0.6 is 15.9 Å². The van der Waals surface area contributed by atoms with Gasteiger partial charge in [0.2, 0.25) is 0 Å². The van der Waals surface area contributed by atoms with Gasteiger partial charge in [0.1, 0.15) is 6.61 Å². The second-order valence-corrected chi connectivity index (χ2v) is 4.87. The molecule has 0 aromatic heterocycles. The number of nitrogens with two attached hydrogens (primary N) is 1. The summed E-state index contributed by atoms with van der Waals surface area (Å²) in [6.07, 6.45) is 5.98. The van der Waals surface area contributed by atoms with Crippen LogP contribution in [0.5, 0.6) is 11.5 Å². The van der Waals surface area contributed by atoms with Crippen LogP contribution in [0.2, 0.25) is 0 Å². The van der Waals surface area contributed by atoms with Gasteiger partial charge in [0.15, 0.2) is 11.5 Å². The SMILES string of the molecule is C#CCOc1c(Br)cc(CC(C)N)cc1OCC. The minimum absolute atomic E-state index is 0.101. The zero-order chi connectivity index (χ0) is 13.5. The molecule has 0 aliphatic rings. The van der Waals surface area contributed by atoms with Crippen LogP contribution in [0.25, 0.3) is 0 Å². The van der Waals surface area contributed by atoms with Gasteiger partial charge in [-0.2, -0.15) is 0 Å². The first-order valence-electron chi connectivity index (χ1n) is 5.85. The van der Waals surface area contributed by atoms with Crippen molar-refractivity contribution in [3.8, 4) is 23.8 Å². The monoisotopic (exact) mass is 311 g/mol. The van der Waals surface area contributed by atoms with Crippen LogP contribution in [-0.4, -0.2) is 19.3 Å². The van der Waals surface area contributed by atoms with Crippen LogP contribution in [0.3, 0.4) is 0 Å². The molecule has 18 heavy (non-hydrogen) atoms. The number of terminal acetylenes is 1. The largest absolute Gasteiger partial charge is 0.490 e. The van der Waals surface area contributed by atoms with Crippen molar-refractivity contribution >= 4 is 15.9 Å². The molecule has 0 bridgehead atoms. The van der Waals surface area contributed by atoms with Crippen molar-refractivity contribution in [3.63, 3.8) is 0 Å². The summed E-state index contributed by atoms with van der Waals surface area (Å²) in [5, 5.41) is 0. The molecule has 0 aliphatic heterocycles. The molecule has 0 aliphatic carbocycles. The number of benzene rings is 1. The standard InChI is InChI=1S/C14H18BrNO2/c1-4-6-18-14-12(15)8-11(7-10(3)16)9-13(14)17-5-2/h1,8-10H,5-7,16H2,2-3H3. The Morgan fingerprint density at radius 1 is 1.44 bits per heavy atom. The smallest absolute Gasteiger partial charge is 0.176 e. The lowest BCUT2D eigenvalue weighted by molar-refractivity contribution is 0.297. The lowest BCUT2D eigenvalue weighted by Gasteiger charge is -2.15. The Kier molecular flexibility index (Phi) is 6.03. The van der Waals surface area contributed by atoms with Gasteiger partial charge in [-0.25, -0.2) is 0 Å². The van der Waals surface area contributed by atoms with Gasteiger partial charge in [-0.1, -0.05) is 5.92 Å². The van der Waals surface area contributed by atoms with Gasteiger partial charge in [0, 0.05) is 6.04 Å². The third-order valence-electron chi connectivity index (χ3n) is 2.23. The Morgan fingerprint density at radius 2 is 2.17 bits per heavy atom. The molecule has 0 saturated carbocycles. The fraction of sp³-hybridized carbons (Fsp3) is 0.429. The van der Waals surface area contributed by atoms with Gasteiger partial charge in [-0.15, -0.1) is 6.42 Å². The van der Waals surface area contributed by atoms with Crippen LogP contribution in [0.15, 0.2) is 16.6 Å². The normalized spacial score (nSPS) is 11.7. The van der Waals surface area contributed by atoms with E-state index in [1.54, 1.807) is 0 Å². The molecule has 1 unspecified atom stereocenters. The van der Waals surface area contributed by atoms with E-state index in [0.29, 0.717) is 18.1 Å². The van der Waals surface area contributed by atoms with Gasteiger partial charge in [0.25, 0.3) is 0 Å². The summed E-state index contributed by atoms with van der Waals surface area (Å²) in [5.41, 5.74) is 6.91. The summed E-state index contributed by atoms with van der Waals surface area (Å²) in [6.45, 7) is 4.68. The van der Waals surface area contributed by atoms with E-state index in [0.717, 1.165) is 16.5 Å². The number of hydrogen-bond donors (Lipinski definition) is 1. The highest BCUT2D eigenvalue weighted by Crippen LogP contribution is 2.37. The van der Waals surface area contributed by atoms with Crippen molar-refractivity contribution in [1.82, 2.24) is 0 Å². The Balaban J connectivity index is 3.05. The van der Waals surface area contributed by atoms with E-state index >= 15 is 0 Å². The first-order chi connectivity index (χ1) is 8.58. The zero-order valence-corrected chi connectivity index (χ0v) is 12.3. The van der Waals surface area contributed by atoms with Crippen LogP contribution in [0.4, 0.5) is 0 Å². The lowest BCUT2D eigenvalue weighted by Crippen LogP contribution is -2.17. The van der Waals surface area contributed by atoms with Crippen molar-refractivity contribution in [1.29, 1.82) is 0 Å². The fourth-order valence-electron chi connectivity index (χ4n) is 1.63. The summed E-state index contributed by atoms with van der Waals surface area (Å²) >= 11 is 3.47. The van der Waals surface area contributed by atoms with E-state index in [2.05, 4.69) is 21.9 Å². The topological polar surface area (TPSA) is 44.5 Å². The maximum atomic E-state index is 5.80. The highest BCUT2D eigenvalue weighted by atomic mass is 79.9. The maximum absolute atomic E-state index is 5.80. The third kappa shape index (κ3) is 4.25. The zero-order valence-electron chi connectivity index (χ0n) is 10.7. The molecule has 0 heterocycles. The predicted octanol–water partition coefficient (Wildman–Crippen LogP) is 2.75. The number of halogens is 1. The molecule has 0 amide bonds. The second kappa shape index (κ2) is 7.30. The molecule has 98 valence electrons. The molecule has 1 rings (SSSR count). The lowest BCUT2D eigenvalue weighted by atomic mass is 10.1. The first kappa shape index (κ1) is 14.9. The van der Waals surface area contributed by atoms with Gasteiger partial charge in [-0.05, 0) is 53.9 Å². The molecule has 0 saturated heterocycles. The Labute approximate surface area is 117 Å². The molecule has 1 aromatic rings. The molecule has 1 atom stereocenters. The predicted molar refractivity (Wildman–Crippen MR) is 77.0 cm³/mol. The van der Waals surface area contributed by atoms with Crippen LogP contribution in [0, 0.1) is 12.3 Å². The van der Waals surface area contributed by atoms with E-state index in [9.17, 15) is 0 Å². The van der Waals surface area contributed by atoms with E-state index in [4.69, 9.17) is 21.6 Å². The summed E-state index contributed by atoms with van der Waals surface area (Å²) < 4.78 is 11.9. The van der Waals surface area contributed by atoms with E-state index < -0.39 is 0 Å². The average Bonchev–Trinajstić information content (AvgIpc) is 2.27. The molecule has 1 aromatic carbocycles. The number of rotatable bonds is 6. The van der Waals surface area contributed by atoms with Crippen molar-refractivity contribution < 1.29 is 9.47 Å². The molecule has 0 fully saturated rings. The van der Waals surface area contributed by atoms with Crippen LogP contribution in [0.1, 0.15) is 19.4 Å². The molecular weight excluding hydrogens is 294 g/mol. The van der Waals surface area contributed by atoms with Crippen molar-refractivity contribution in [2.24, 2.45) is 5.73 Å². The van der Waals surface area contributed by atoms with E-state index in [1.807, 2.05) is 26.0 Å². The Morgan fingerprint density at radius 3 is 2.72 bits per heavy atom. The van der Waals surface area contributed by atoms with Gasteiger partial charge < -0.3 is 15.2 Å². The number of ether oxygens (including phenoxy) is 2. The second-order valence-electron chi connectivity index (χ2n) is 4.01. The highest BCUT2D eigenvalue weighted by Gasteiger charge is 2.12. The van der Waals surface area contributed by atoms with E-state index in [1.165, 1.54) is 0 Å². The maximum Gasteiger partial charge on any atom is 0.176 e. The summed E-state index contributed by atoms with van der Waals surface area (Å²) in [7, 11) is 0. The van der Waals surface area contributed by atoms with Crippen molar-refractivity contribution in [3.05, 3.63) is 22.2 Å². The molecule has 2 N–H and O–H groups in total. The Bertz CT molecular complexity index is 438. The summed E-state index contributed by atoms with van der Waals surface area (Å²) in [4.78, 5) is 0.